The highest BCUT2D eigenvalue weighted by Gasteiger charge is 2.48. The molecule has 2 heterocycles. The van der Waals surface area contributed by atoms with Crippen LogP contribution in [0.5, 0.6) is 11.5 Å². The molecule has 0 fully saturated rings. The fraction of sp³-hybridized carbons (Fsp3) is 0.273. The molecule has 0 saturated carbocycles. The van der Waals surface area contributed by atoms with Gasteiger partial charge in [0.05, 0.1) is 25.9 Å². The predicted octanol–water partition coefficient (Wildman–Crippen LogP) is 6.51. The SMILES string of the molecule is COc1ccc([C@H]2C[C@@H](C(F)(F)F)n3nc(C(=O)Nc4c(F)cc(F)cc4Br)c(Cl)c3N2)cc1OC. The number of fused-ring (bicyclic) bond motifs is 1. The van der Waals surface area contributed by atoms with Crippen molar-refractivity contribution in [3.63, 3.8) is 0 Å². The number of carbonyl (C=O) groups is 1. The normalized spacial score (nSPS) is 17.2. The molecule has 192 valence electrons. The molecule has 0 aliphatic carbocycles. The van der Waals surface area contributed by atoms with E-state index < -0.39 is 58.6 Å². The van der Waals surface area contributed by atoms with Gasteiger partial charge in [-0.25, -0.2) is 13.5 Å². The third kappa shape index (κ3) is 4.81. The molecule has 14 heteroatoms. The number of anilines is 2. The van der Waals surface area contributed by atoms with E-state index in [2.05, 4.69) is 31.7 Å². The molecule has 1 aliphatic heterocycles. The van der Waals surface area contributed by atoms with Crippen LogP contribution in [0.1, 0.15) is 34.6 Å². The van der Waals surface area contributed by atoms with Crippen molar-refractivity contribution in [1.29, 1.82) is 0 Å². The van der Waals surface area contributed by atoms with E-state index in [1.54, 1.807) is 12.1 Å². The number of benzene rings is 2. The number of nitrogens with zero attached hydrogens (tertiary/aromatic N) is 2. The van der Waals surface area contributed by atoms with Crippen LogP contribution in [0.2, 0.25) is 5.02 Å². The van der Waals surface area contributed by atoms with E-state index in [1.807, 2.05) is 0 Å². The molecule has 4 rings (SSSR count). The van der Waals surface area contributed by atoms with Crippen molar-refractivity contribution in [2.75, 3.05) is 24.9 Å². The first-order chi connectivity index (χ1) is 16.9. The molecule has 0 radical (unpaired) electrons. The molecule has 2 aromatic carbocycles. The number of ether oxygens (including phenoxy) is 2. The molecule has 0 unspecified atom stereocenters. The Bertz CT molecular complexity index is 1310. The van der Waals surface area contributed by atoms with Crippen LogP contribution < -0.4 is 20.1 Å². The maximum atomic E-state index is 14.2. The van der Waals surface area contributed by atoms with E-state index >= 15 is 0 Å². The van der Waals surface area contributed by atoms with Crippen LogP contribution >= 0.6 is 27.5 Å². The lowest BCUT2D eigenvalue weighted by atomic mass is 9.96. The summed E-state index contributed by atoms with van der Waals surface area (Å²) in [4.78, 5) is 12.8. The topological polar surface area (TPSA) is 77.4 Å². The third-order valence-corrected chi connectivity index (χ3v) is 6.55. The van der Waals surface area contributed by atoms with Crippen molar-refractivity contribution in [3.05, 3.63) is 62.7 Å². The van der Waals surface area contributed by atoms with Gasteiger partial charge in [-0.2, -0.15) is 18.3 Å². The maximum Gasteiger partial charge on any atom is 0.410 e. The van der Waals surface area contributed by atoms with Crippen molar-refractivity contribution in [2.45, 2.75) is 24.7 Å². The number of alkyl halides is 3. The Morgan fingerprint density at radius 2 is 1.89 bits per heavy atom. The summed E-state index contributed by atoms with van der Waals surface area (Å²) in [5.41, 5.74) is -0.544. The lowest BCUT2D eigenvalue weighted by Crippen LogP contribution is -2.35. The van der Waals surface area contributed by atoms with Gasteiger partial charge in [-0.05, 0) is 39.7 Å². The lowest BCUT2D eigenvalue weighted by Gasteiger charge is -2.33. The summed E-state index contributed by atoms with van der Waals surface area (Å²) in [5.74, 6) is -2.61. The summed E-state index contributed by atoms with van der Waals surface area (Å²) in [6, 6.07) is 3.11. The summed E-state index contributed by atoms with van der Waals surface area (Å²) >= 11 is 9.23. The molecule has 0 saturated heterocycles. The molecule has 2 atom stereocenters. The molecule has 0 bridgehead atoms. The zero-order valence-corrected chi connectivity index (χ0v) is 20.9. The van der Waals surface area contributed by atoms with Gasteiger partial charge in [0.25, 0.3) is 5.91 Å². The Morgan fingerprint density at radius 3 is 2.50 bits per heavy atom. The van der Waals surface area contributed by atoms with Gasteiger partial charge in [0, 0.05) is 17.0 Å². The van der Waals surface area contributed by atoms with Crippen LogP contribution in [0.25, 0.3) is 0 Å². The first-order valence-electron chi connectivity index (χ1n) is 10.2. The molecule has 1 aliphatic rings. The number of methoxy groups -OCH3 is 2. The van der Waals surface area contributed by atoms with Gasteiger partial charge in [-0.1, -0.05) is 17.7 Å². The first-order valence-corrected chi connectivity index (χ1v) is 11.4. The summed E-state index contributed by atoms with van der Waals surface area (Å²) < 4.78 is 80.5. The van der Waals surface area contributed by atoms with Crippen molar-refractivity contribution >= 4 is 44.9 Å². The summed E-state index contributed by atoms with van der Waals surface area (Å²) in [5, 5.41) is 8.47. The second-order valence-corrected chi connectivity index (χ2v) is 8.99. The summed E-state index contributed by atoms with van der Waals surface area (Å²) in [6.07, 6.45) is -5.20. The minimum Gasteiger partial charge on any atom is -0.493 e. The van der Waals surface area contributed by atoms with E-state index in [4.69, 9.17) is 21.1 Å². The van der Waals surface area contributed by atoms with E-state index in [-0.39, 0.29) is 10.3 Å². The summed E-state index contributed by atoms with van der Waals surface area (Å²) in [6.45, 7) is 0. The van der Waals surface area contributed by atoms with Gasteiger partial charge >= 0.3 is 6.18 Å². The number of rotatable bonds is 5. The second-order valence-electron chi connectivity index (χ2n) is 7.76. The molecule has 1 amide bonds. The van der Waals surface area contributed by atoms with Crippen molar-refractivity contribution in [1.82, 2.24) is 9.78 Å². The van der Waals surface area contributed by atoms with Crippen LogP contribution in [-0.2, 0) is 0 Å². The van der Waals surface area contributed by atoms with Crippen molar-refractivity contribution in [2.24, 2.45) is 0 Å². The van der Waals surface area contributed by atoms with Gasteiger partial charge in [0.15, 0.2) is 29.1 Å². The van der Waals surface area contributed by atoms with Crippen LogP contribution in [0.3, 0.4) is 0 Å². The van der Waals surface area contributed by atoms with Crippen molar-refractivity contribution in [3.8, 4) is 11.5 Å². The Morgan fingerprint density at radius 1 is 1.19 bits per heavy atom. The molecule has 1 aromatic heterocycles. The van der Waals surface area contributed by atoms with Crippen molar-refractivity contribution < 1.29 is 36.2 Å². The smallest absolute Gasteiger partial charge is 0.410 e. The quantitative estimate of drug-likeness (QED) is 0.329. The van der Waals surface area contributed by atoms with Crippen LogP contribution in [-0.4, -0.2) is 36.1 Å². The molecule has 36 heavy (non-hydrogen) atoms. The van der Waals surface area contributed by atoms with Crippen LogP contribution in [0.4, 0.5) is 33.5 Å². The average molecular weight is 596 g/mol. The van der Waals surface area contributed by atoms with Gasteiger partial charge in [-0.3, -0.25) is 4.79 Å². The standard InChI is InChI=1S/C22H17BrClF5N4O3/c1-35-14-4-3-9(5-15(14)36-2)13-8-16(22(27,28)29)33-20(30-13)17(24)19(32-33)21(34)31-18-11(23)6-10(25)7-12(18)26/h3-7,13,16,30H,8H2,1-2H3,(H,31,34)/t13-,16+/m1/s1. The monoisotopic (exact) mass is 594 g/mol. The molecule has 3 aromatic rings. The van der Waals surface area contributed by atoms with E-state index in [1.165, 1.54) is 20.3 Å². The first kappa shape index (κ1) is 26.0. The number of hydrogen-bond acceptors (Lipinski definition) is 5. The number of nitrogens with one attached hydrogen (secondary N) is 2. The average Bonchev–Trinajstić information content (AvgIpc) is 3.15. The second kappa shape index (κ2) is 9.77. The fourth-order valence-corrected chi connectivity index (χ4v) is 4.63. The van der Waals surface area contributed by atoms with E-state index in [9.17, 15) is 26.7 Å². The van der Waals surface area contributed by atoms with Crippen LogP contribution in [0, 0.1) is 11.6 Å². The summed E-state index contributed by atoms with van der Waals surface area (Å²) in [7, 11) is 2.82. The molecule has 2 N–H and O–H groups in total. The van der Waals surface area contributed by atoms with E-state index in [0.717, 1.165) is 6.07 Å². The number of carbonyl (C=O) groups excluding carboxylic acids is 1. The highest BCUT2D eigenvalue weighted by molar-refractivity contribution is 9.10. The zero-order chi connectivity index (χ0) is 26.4. The fourth-order valence-electron chi connectivity index (χ4n) is 3.86. The molecular formula is C22H17BrClF5N4O3. The van der Waals surface area contributed by atoms with E-state index in [0.29, 0.717) is 27.8 Å². The number of aromatic nitrogens is 2. The largest absolute Gasteiger partial charge is 0.493 e. The highest BCUT2D eigenvalue weighted by atomic mass is 79.9. The Balaban J connectivity index is 1.72. The Labute approximate surface area is 214 Å². The number of amides is 1. The molecule has 0 spiro atoms. The molecule has 7 nitrogen and oxygen atoms in total. The molecular weight excluding hydrogens is 579 g/mol. The number of halogens is 7. The lowest BCUT2D eigenvalue weighted by molar-refractivity contribution is -0.173. The third-order valence-electron chi connectivity index (χ3n) is 5.57. The Hall–Kier alpha value is -3.06. The van der Waals surface area contributed by atoms with Gasteiger partial charge < -0.3 is 20.1 Å². The predicted molar refractivity (Wildman–Crippen MR) is 125 cm³/mol. The minimum absolute atomic E-state index is 0.117. The maximum absolute atomic E-state index is 14.2. The van der Waals surface area contributed by atoms with Gasteiger partial charge in [0.2, 0.25) is 0 Å². The van der Waals surface area contributed by atoms with Gasteiger partial charge in [0.1, 0.15) is 16.7 Å². The number of hydrogen-bond donors (Lipinski definition) is 2. The zero-order valence-electron chi connectivity index (χ0n) is 18.5. The highest BCUT2D eigenvalue weighted by Crippen LogP contribution is 2.47. The van der Waals surface area contributed by atoms with Gasteiger partial charge in [-0.15, -0.1) is 0 Å². The minimum atomic E-state index is -4.74. The Kier molecular flexibility index (Phi) is 7.06. The van der Waals surface area contributed by atoms with Crippen LogP contribution in [0.15, 0.2) is 34.8 Å².